The van der Waals surface area contributed by atoms with E-state index in [1.54, 1.807) is 12.6 Å². The van der Waals surface area contributed by atoms with Crippen molar-refractivity contribution < 1.29 is 36.3 Å². The van der Waals surface area contributed by atoms with Crippen molar-refractivity contribution in [1.82, 2.24) is 14.7 Å². The van der Waals surface area contributed by atoms with E-state index in [2.05, 4.69) is 0 Å². The van der Waals surface area contributed by atoms with Gasteiger partial charge in [0.05, 0.1) is 6.61 Å². The monoisotopic (exact) mass is 535 g/mol. The van der Waals surface area contributed by atoms with Crippen LogP contribution in [0.3, 0.4) is 0 Å². The molecule has 1 aromatic rings. The first-order valence-electron chi connectivity index (χ1n) is 12.3. The first kappa shape index (κ1) is 28.8. The standard InChI is InChI=1S/C24H36F3N3O5S/c1-35-18-17-29-15-11-23(12-16-29,22(31)28-32)36(33,34)30-13-8-21(9-14-30)20-6-4-19(5-7-20)3-2-10-24(25,26)27/h4-7,21,32H,2-3,8-18H2,1H3,(H,28,31). The highest BCUT2D eigenvalue weighted by Crippen LogP contribution is 2.37. The lowest BCUT2D eigenvalue weighted by molar-refractivity contribution is -0.135. The fourth-order valence-electron chi connectivity index (χ4n) is 5.19. The van der Waals surface area contributed by atoms with Gasteiger partial charge in [0.2, 0.25) is 10.0 Å². The summed E-state index contributed by atoms with van der Waals surface area (Å²) in [6, 6.07) is 7.50. The van der Waals surface area contributed by atoms with Crippen LogP contribution in [0.4, 0.5) is 13.2 Å². The predicted octanol–water partition coefficient (Wildman–Crippen LogP) is 3.07. The summed E-state index contributed by atoms with van der Waals surface area (Å²) in [4.78, 5) is 14.7. The maximum atomic E-state index is 13.7. The van der Waals surface area contributed by atoms with E-state index in [1.165, 1.54) is 4.31 Å². The lowest BCUT2D eigenvalue weighted by Gasteiger charge is -2.43. The van der Waals surface area contributed by atoms with Crippen LogP contribution < -0.4 is 5.48 Å². The molecule has 0 atom stereocenters. The van der Waals surface area contributed by atoms with Gasteiger partial charge < -0.3 is 9.64 Å². The molecule has 2 N–H and O–H groups in total. The van der Waals surface area contributed by atoms with E-state index in [0.29, 0.717) is 45.5 Å². The number of rotatable bonds is 10. The molecule has 0 unspecified atom stereocenters. The third-order valence-corrected chi connectivity index (χ3v) is 10.1. The Labute approximate surface area is 210 Å². The Balaban J connectivity index is 1.61. The largest absolute Gasteiger partial charge is 0.389 e. The number of ether oxygens (including phenoxy) is 1. The van der Waals surface area contributed by atoms with Gasteiger partial charge >= 0.3 is 6.18 Å². The molecule has 36 heavy (non-hydrogen) atoms. The summed E-state index contributed by atoms with van der Waals surface area (Å²) in [5.41, 5.74) is 3.46. The maximum absolute atomic E-state index is 13.7. The summed E-state index contributed by atoms with van der Waals surface area (Å²) in [6.07, 6.45) is -3.23. The molecule has 0 radical (unpaired) electrons. The van der Waals surface area contributed by atoms with E-state index in [1.807, 2.05) is 29.2 Å². The lowest BCUT2D eigenvalue weighted by Crippen LogP contribution is -2.62. The van der Waals surface area contributed by atoms with E-state index >= 15 is 0 Å². The molecule has 204 valence electrons. The summed E-state index contributed by atoms with van der Waals surface area (Å²) in [6.45, 7) is 2.47. The smallest absolute Gasteiger partial charge is 0.383 e. The summed E-state index contributed by atoms with van der Waals surface area (Å²) in [7, 11) is -2.43. The number of hydrogen-bond acceptors (Lipinski definition) is 6. The minimum Gasteiger partial charge on any atom is -0.383 e. The van der Waals surface area contributed by atoms with Gasteiger partial charge in [-0.15, -0.1) is 0 Å². The zero-order valence-electron chi connectivity index (χ0n) is 20.6. The number of alkyl halides is 3. The summed E-state index contributed by atoms with van der Waals surface area (Å²) in [5, 5.41) is 9.36. The van der Waals surface area contributed by atoms with Crippen LogP contribution in [-0.2, 0) is 26.0 Å². The highest BCUT2D eigenvalue weighted by atomic mass is 32.2. The number of methoxy groups -OCH3 is 1. The maximum Gasteiger partial charge on any atom is 0.389 e. The number of amides is 1. The van der Waals surface area contributed by atoms with Gasteiger partial charge in [-0.25, -0.2) is 18.2 Å². The zero-order chi connectivity index (χ0) is 26.4. The summed E-state index contributed by atoms with van der Waals surface area (Å²) < 4.78 is 69.2. The molecule has 2 aliphatic rings. The van der Waals surface area contributed by atoms with Crippen LogP contribution >= 0.6 is 0 Å². The number of hydroxylamine groups is 1. The van der Waals surface area contributed by atoms with E-state index < -0.39 is 33.3 Å². The zero-order valence-corrected chi connectivity index (χ0v) is 21.4. The molecule has 2 saturated heterocycles. The minimum atomic E-state index is -4.15. The van der Waals surface area contributed by atoms with Crippen molar-refractivity contribution in [3.8, 4) is 0 Å². The van der Waals surface area contributed by atoms with Crippen molar-refractivity contribution in [3.63, 3.8) is 0 Å². The van der Waals surface area contributed by atoms with Crippen molar-refractivity contribution >= 4 is 15.9 Å². The highest BCUT2D eigenvalue weighted by Gasteiger charge is 2.55. The number of benzene rings is 1. The van der Waals surface area contributed by atoms with Crippen LogP contribution in [0, 0.1) is 0 Å². The third-order valence-electron chi connectivity index (χ3n) is 7.46. The Morgan fingerprint density at radius 3 is 2.28 bits per heavy atom. The van der Waals surface area contributed by atoms with Crippen molar-refractivity contribution in [1.29, 1.82) is 0 Å². The molecular weight excluding hydrogens is 499 g/mol. The molecule has 2 heterocycles. The molecule has 0 spiro atoms. The number of carbonyl (C=O) groups excluding carboxylic acids is 1. The number of halogens is 3. The summed E-state index contributed by atoms with van der Waals surface area (Å²) >= 11 is 0. The molecule has 0 aromatic heterocycles. The summed E-state index contributed by atoms with van der Waals surface area (Å²) in [5.74, 6) is -0.767. The topological polar surface area (TPSA) is 99.2 Å². The molecule has 1 amide bonds. The van der Waals surface area contributed by atoms with Gasteiger partial charge in [-0.05, 0) is 55.6 Å². The number of nitrogens with zero attached hydrogens (tertiary/aromatic N) is 2. The minimum absolute atomic E-state index is 0.0480. The molecule has 1 aromatic carbocycles. The van der Waals surface area contributed by atoms with Crippen molar-refractivity contribution in [3.05, 3.63) is 35.4 Å². The van der Waals surface area contributed by atoms with Crippen LogP contribution in [-0.4, -0.2) is 86.1 Å². The molecule has 3 rings (SSSR count). The SMILES string of the molecule is COCCN1CCC(C(=O)NO)(S(=O)(=O)N2CCC(c3ccc(CCCC(F)(F)F)cc3)CC2)CC1. The molecule has 12 heteroatoms. The van der Waals surface area contributed by atoms with Gasteiger partial charge in [0, 0.05) is 46.3 Å². The quantitative estimate of drug-likeness (QED) is 0.353. The average Bonchev–Trinajstić information content (AvgIpc) is 2.87. The third kappa shape index (κ3) is 6.77. The first-order valence-corrected chi connectivity index (χ1v) is 13.8. The molecule has 2 aliphatic heterocycles. The molecular formula is C24H36F3N3O5S. The second kappa shape index (κ2) is 12.2. The Hall–Kier alpha value is -1.73. The van der Waals surface area contributed by atoms with Crippen molar-refractivity contribution in [2.24, 2.45) is 0 Å². The molecule has 0 bridgehead atoms. The number of likely N-dealkylation sites (tertiary alicyclic amines) is 1. The van der Waals surface area contributed by atoms with Crippen LogP contribution in [0.2, 0.25) is 0 Å². The Kier molecular flexibility index (Phi) is 9.78. The van der Waals surface area contributed by atoms with Crippen LogP contribution in [0.1, 0.15) is 55.6 Å². The van der Waals surface area contributed by atoms with Gasteiger partial charge in [0.15, 0.2) is 4.75 Å². The number of hydrogen-bond donors (Lipinski definition) is 2. The Bertz CT molecular complexity index is 956. The van der Waals surface area contributed by atoms with E-state index in [-0.39, 0.29) is 38.3 Å². The van der Waals surface area contributed by atoms with E-state index in [4.69, 9.17) is 4.74 Å². The molecule has 8 nitrogen and oxygen atoms in total. The number of sulfonamides is 1. The van der Waals surface area contributed by atoms with Crippen LogP contribution in [0.15, 0.2) is 24.3 Å². The molecule has 0 saturated carbocycles. The first-order chi connectivity index (χ1) is 17.0. The molecule has 0 aliphatic carbocycles. The van der Waals surface area contributed by atoms with Crippen molar-refractivity contribution in [2.45, 2.75) is 61.8 Å². The number of nitrogens with one attached hydrogen (secondary N) is 1. The number of piperidine rings is 2. The van der Waals surface area contributed by atoms with E-state index in [0.717, 1.165) is 11.1 Å². The average molecular weight is 536 g/mol. The Morgan fingerprint density at radius 2 is 1.75 bits per heavy atom. The number of aryl methyl sites for hydroxylation is 1. The fourth-order valence-corrected chi connectivity index (χ4v) is 7.35. The number of carbonyl (C=O) groups is 1. The molecule has 2 fully saturated rings. The van der Waals surface area contributed by atoms with Gasteiger partial charge in [-0.2, -0.15) is 13.2 Å². The van der Waals surface area contributed by atoms with Crippen molar-refractivity contribution in [2.75, 3.05) is 46.4 Å². The van der Waals surface area contributed by atoms with Gasteiger partial charge in [0.25, 0.3) is 5.91 Å². The fraction of sp³-hybridized carbons (Fsp3) is 0.708. The van der Waals surface area contributed by atoms with Crippen LogP contribution in [0.5, 0.6) is 0 Å². The Morgan fingerprint density at radius 1 is 1.14 bits per heavy atom. The van der Waals surface area contributed by atoms with Gasteiger partial charge in [-0.1, -0.05) is 24.3 Å². The highest BCUT2D eigenvalue weighted by molar-refractivity contribution is 7.91. The van der Waals surface area contributed by atoms with Crippen LogP contribution in [0.25, 0.3) is 0 Å². The second-order valence-electron chi connectivity index (χ2n) is 9.66. The predicted molar refractivity (Wildman–Crippen MR) is 128 cm³/mol. The van der Waals surface area contributed by atoms with E-state index in [9.17, 15) is 31.6 Å². The normalized spacial score (nSPS) is 20.4. The second-order valence-corrected chi connectivity index (χ2v) is 11.9. The lowest BCUT2D eigenvalue weighted by atomic mass is 9.89. The van der Waals surface area contributed by atoms with Gasteiger partial charge in [-0.3, -0.25) is 10.0 Å². The van der Waals surface area contributed by atoms with Gasteiger partial charge in [0.1, 0.15) is 0 Å².